The summed E-state index contributed by atoms with van der Waals surface area (Å²) in [5.74, 6) is 0. The van der Waals surface area contributed by atoms with Crippen molar-refractivity contribution < 1.29 is 4.92 Å². The van der Waals surface area contributed by atoms with Gasteiger partial charge in [0, 0.05) is 35.8 Å². The maximum atomic E-state index is 10.7. The monoisotopic (exact) mass is 217 g/mol. The maximum absolute atomic E-state index is 10.7. The molecule has 0 spiro atoms. The molecule has 0 saturated carbocycles. The van der Waals surface area contributed by atoms with Crippen molar-refractivity contribution in [1.29, 1.82) is 0 Å². The Morgan fingerprint density at radius 3 is 3.19 bits per heavy atom. The molecule has 0 atom stereocenters. The summed E-state index contributed by atoms with van der Waals surface area (Å²) in [5, 5.41) is 11.6. The average molecular weight is 217 g/mol. The number of allylic oxidation sites excluding steroid dienone is 1. The molecular weight excluding hydrogens is 206 g/mol. The molecular formula is C11H11N3O2. The van der Waals surface area contributed by atoms with Crippen LogP contribution in [0.15, 0.2) is 30.2 Å². The number of pyridine rings is 1. The Bertz CT molecular complexity index is 557. The largest absolute Gasteiger partial charge is 0.346 e. The zero-order chi connectivity index (χ0) is 11.5. The number of fused-ring (bicyclic) bond motifs is 1. The lowest BCUT2D eigenvalue weighted by molar-refractivity contribution is -0.425. The summed E-state index contributed by atoms with van der Waals surface area (Å²) in [4.78, 5) is 17.5. The molecule has 2 heterocycles. The summed E-state index contributed by atoms with van der Waals surface area (Å²) >= 11 is 0. The van der Waals surface area contributed by atoms with Gasteiger partial charge < -0.3 is 4.98 Å². The highest BCUT2D eigenvalue weighted by Gasteiger charge is 2.09. The number of H-pyrrole nitrogens is 1. The Kier molecular flexibility index (Phi) is 2.68. The van der Waals surface area contributed by atoms with Crippen LogP contribution in [0.2, 0.25) is 0 Å². The molecule has 2 rings (SSSR count). The van der Waals surface area contributed by atoms with Gasteiger partial charge in [-0.25, -0.2) is 4.98 Å². The molecule has 2 aromatic rings. The molecule has 0 saturated heterocycles. The normalized spacial score (nSPS) is 11.9. The molecule has 0 aliphatic carbocycles. The number of hydrogen-bond donors (Lipinski definition) is 1. The number of nitrogens with one attached hydrogen (secondary N) is 1. The highest BCUT2D eigenvalue weighted by molar-refractivity contribution is 5.86. The molecule has 2 aromatic heterocycles. The molecule has 0 aliphatic rings. The Labute approximate surface area is 92.0 Å². The topological polar surface area (TPSA) is 71.8 Å². The molecule has 0 amide bonds. The van der Waals surface area contributed by atoms with Gasteiger partial charge in [0.05, 0.1) is 4.92 Å². The van der Waals surface area contributed by atoms with Crippen LogP contribution in [0.25, 0.3) is 17.1 Å². The summed E-state index contributed by atoms with van der Waals surface area (Å²) in [5.41, 5.74) is 1.74. The third-order valence-electron chi connectivity index (χ3n) is 2.40. The third kappa shape index (κ3) is 1.79. The molecule has 1 N–H and O–H groups in total. The average Bonchev–Trinajstić information content (AvgIpc) is 2.69. The van der Waals surface area contributed by atoms with E-state index in [2.05, 4.69) is 9.97 Å². The van der Waals surface area contributed by atoms with Crippen LogP contribution in [0.5, 0.6) is 0 Å². The number of aromatic nitrogens is 2. The minimum Gasteiger partial charge on any atom is -0.346 e. The van der Waals surface area contributed by atoms with Crippen LogP contribution in [-0.4, -0.2) is 14.9 Å². The molecule has 5 nitrogen and oxygen atoms in total. The van der Waals surface area contributed by atoms with Gasteiger partial charge in [-0.2, -0.15) is 0 Å². The second-order valence-electron chi connectivity index (χ2n) is 3.39. The summed E-state index contributed by atoms with van der Waals surface area (Å²) in [6, 6.07) is 3.70. The lowest BCUT2D eigenvalue weighted by Gasteiger charge is -1.93. The van der Waals surface area contributed by atoms with Crippen molar-refractivity contribution in [2.45, 2.75) is 13.3 Å². The number of nitro groups is 1. The first-order chi connectivity index (χ1) is 7.72. The SMILES string of the molecule is CCC(=Cc1c[nH]c2ncccc12)[N+](=O)[O-]. The van der Waals surface area contributed by atoms with Crippen molar-refractivity contribution in [3.05, 3.63) is 45.9 Å². The summed E-state index contributed by atoms with van der Waals surface area (Å²) in [7, 11) is 0. The van der Waals surface area contributed by atoms with Gasteiger partial charge in [-0.1, -0.05) is 6.92 Å². The van der Waals surface area contributed by atoms with Crippen molar-refractivity contribution >= 4 is 17.1 Å². The lowest BCUT2D eigenvalue weighted by atomic mass is 10.2. The molecule has 0 bridgehead atoms. The zero-order valence-corrected chi connectivity index (χ0v) is 8.80. The minimum absolute atomic E-state index is 0.199. The number of hydrogen-bond acceptors (Lipinski definition) is 3. The number of nitrogens with zero attached hydrogens (tertiary/aromatic N) is 2. The molecule has 0 fully saturated rings. The molecule has 0 radical (unpaired) electrons. The number of rotatable bonds is 3. The van der Waals surface area contributed by atoms with Crippen LogP contribution < -0.4 is 0 Å². The predicted octanol–water partition coefficient (Wildman–Crippen LogP) is 2.59. The van der Waals surface area contributed by atoms with E-state index in [1.807, 2.05) is 12.1 Å². The molecule has 0 aromatic carbocycles. The molecule has 16 heavy (non-hydrogen) atoms. The van der Waals surface area contributed by atoms with Gasteiger partial charge in [0.15, 0.2) is 0 Å². The molecule has 0 aliphatic heterocycles. The van der Waals surface area contributed by atoms with Gasteiger partial charge in [-0.15, -0.1) is 0 Å². The third-order valence-corrected chi connectivity index (χ3v) is 2.40. The van der Waals surface area contributed by atoms with Crippen molar-refractivity contribution in [3.8, 4) is 0 Å². The quantitative estimate of drug-likeness (QED) is 0.634. The molecule has 5 heteroatoms. The van der Waals surface area contributed by atoms with Crippen molar-refractivity contribution in [1.82, 2.24) is 9.97 Å². The van der Waals surface area contributed by atoms with E-state index in [0.29, 0.717) is 6.42 Å². The van der Waals surface area contributed by atoms with Crippen molar-refractivity contribution in [3.63, 3.8) is 0 Å². The minimum atomic E-state index is -0.352. The van der Waals surface area contributed by atoms with Crippen molar-refractivity contribution in [2.24, 2.45) is 0 Å². The van der Waals surface area contributed by atoms with E-state index in [-0.39, 0.29) is 10.6 Å². The zero-order valence-electron chi connectivity index (χ0n) is 8.80. The van der Waals surface area contributed by atoms with E-state index in [9.17, 15) is 10.1 Å². The second kappa shape index (κ2) is 4.14. The standard InChI is InChI=1S/C11H11N3O2/c1-2-9(14(15)16)6-8-7-13-11-10(8)4-3-5-12-11/h3-7H,2H2,1H3,(H,12,13). The smallest absolute Gasteiger partial charge is 0.246 e. The first-order valence-corrected chi connectivity index (χ1v) is 4.99. The number of aromatic amines is 1. The molecule has 82 valence electrons. The summed E-state index contributed by atoms with van der Waals surface area (Å²) in [6.07, 6.45) is 5.40. The van der Waals surface area contributed by atoms with E-state index < -0.39 is 0 Å². The Morgan fingerprint density at radius 2 is 2.50 bits per heavy atom. The van der Waals surface area contributed by atoms with Crippen molar-refractivity contribution in [2.75, 3.05) is 0 Å². The fraction of sp³-hybridized carbons (Fsp3) is 0.182. The fourth-order valence-electron chi connectivity index (χ4n) is 1.56. The van der Waals surface area contributed by atoms with Crippen LogP contribution in [-0.2, 0) is 0 Å². The van der Waals surface area contributed by atoms with Crippen LogP contribution in [0.4, 0.5) is 0 Å². The highest BCUT2D eigenvalue weighted by Crippen LogP contribution is 2.19. The lowest BCUT2D eigenvalue weighted by Crippen LogP contribution is -1.96. The maximum Gasteiger partial charge on any atom is 0.246 e. The van der Waals surface area contributed by atoms with E-state index >= 15 is 0 Å². The Hall–Kier alpha value is -2.17. The Morgan fingerprint density at radius 1 is 1.69 bits per heavy atom. The van der Waals surface area contributed by atoms with E-state index in [1.54, 1.807) is 25.4 Å². The van der Waals surface area contributed by atoms with Gasteiger partial charge in [-0.05, 0) is 12.1 Å². The summed E-state index contributed by atoms with van der Waals surface area (Å²) < 4.78 is 0. The predicted molar refractivity (Wildman–Crippen MR) is 61.4 cm³/mol. The van der Waals surface area contributed by atoms with Crippen LogP contribution in [0, 0.1) is 10.1 Å². The first-order valence-electron chi connectivity index (χ1n) is 4.99. The fourth-order valence-corrected chi connectivity index (χ4v) is 1.56. The van der Waals surface area contributed by atoms with Gasteiger partial charge >= 0.3 is 0 Å². The molecule has 0 unspecified atom stereocenters. The second-order valence-corrected chi connectivity index (χ2v) is 3.39. The van der Waals surface area contributed by atoms with E-state index in [0.717, 1.165) is 16.6 Å². The summed E-state index contributed by atoms with van der Waals surface area (Å²) in [6.45, 7) is 1.77. The highest BCUT2D eigenvalue weighted by atomic mass is 16.6. The Balaban J connectivity index is 2.52. The van der Waals surface area contributed by atoms with Gasteiger partial charge in [0.2, 0.25) is 5.70 Å². The van der Waals surface area contributed by atoms with E-state index in [4.69, 9.17) is 0 Å². The van der Waals surface area contributed by atoms with Crippen LogP contribution in [0.1, 0.15) is 18.9 Å². The van der Waals surface area contributed by atoms with Crippen LogP contribution in [0.3, 0.4) is 0 Å². The van der Waals surface area contributed by atoms with Gasteiger partial charge in [-0.3, -0.25) is 10.1 Å². The van der Waals surface area contributed by atoms with Crippen LogP contribution >= 0.6 is 0 Å². The first kappa shape index (κ1) is 10.4. The van der Waals surface area contributed by atoms with Gasteiger partial charge in [0.25, 0.3) is 0 Å². The van der Waals surface area contributed by atoms with E-state index in [1.165, 1.54) is 0 Å². The van der Waals surface area contributed by atoms with Gasteiger partial charge in [0.1, 0.15) is 5.65 Å².